The van der Waals surface area contributed by atoms with Gasteiger partial charge in [0, 0.05) is 13.0 Å². The van der Waals surface area contributed by atoms with Gasteiger partial charge in [0.2, 0.25) is 6.29 Å². The van der Waals surface area contributed by atoms with E-state index in [1.807, 2.05) is 0 Å². The first-order valence-electron chi connectivity index (χ1n) is 14.3. The molecule has 0 saturated carbocycles. The van der Waals surface area contributed by atoms with Crippen molar-refractivity contribution >= 4 is 18.0 Å². The number of ether oxygens (including phenoxy) is 8. The van der Waals surface area contributed by atoms with Crippen LogP contribution in [0.15, 0.2) is 30.3 Å². The van der Waals surface area contributed by atoms with Crippen molar-refractivity contribution in [2.75, 3.05) is 13.7 Å². The number of hydrogen-bond acceptors (Lipinski definition) is 16. The van der Waals surface area contributed by atoms with Gasteiger partial charge in [-0.15, -0.1) is 0 Å². The number of carbonyl (C=O) groups excluding carboxylic acids is 2. The van der Waals surface area contributed by atoms with Gasteiger partial charge in [-0.25, -0.2) is 4.79 Å². The molecule has 0 aliphatic carbocycles. The van der Waals surface area contributed by atoms with Gasteiger partial charge in [-0.3, -0.25) is 4.79 Å². The Kier molecular flexibility index (Phi) is 11.9. The van der Waals surface area contributed by atoms with Gasteiger partial charge >= 0.3 is 11.9 Å². The molecule has 0 amide bonds. The molecule has 16 heteroatoms. The number of methoxy groups -OCH3 is 1. The fourth-order valence-corrected chi connectivity index (χ4v) is 5.08. The molecule has 14 unspecified atom stereocenters. The van der Waals surface area contributed by atoms with Crippen LogP contribution in [-0.2, 0) is 42.7 Å². The van der Waals surface area contributed by atoms with Crippen molar-refractivity contribution in [1.82, 2.24) is 0 Å². The second-order valence-electron chi connectivity index (χ2n) is 11.0. The van der Waals surface area contributed by atoms with Crippen LogP contribution in [0.5, 0.6) is 5.75 Å². The third-order valence-corrected chi connectivity index (χ3v) is 7.64. The van der Waals surface area contributed by atoms with Crippen LogP contribution >= 0.6 is 0 Å². The fraction of sp³-hybridized carbons (Fsp3) is 0.655. The first-order valence-corrected chi connectivity index (χ1v) is 14.3. The topological polar surface area (TPSA) is 229 Å². The van der Waals surface area contributed by atoms with Gasteiger partial charge in [-0.05, 0) is 37.6 Å². The van der Waals surface area contributed by atoms with E-state index in [-0.39, 0.29) is 0 Å². The summed E-state index contributed by atoms with van der Waals surface area (Å²) in [4.78, 5) is 24.6. The molecule has 0 bridgehead atoms. The SMILES string of the molecule is COc1ccc(/C=C/C(=O)OC2C(C)OC(OC(C)=O)C(OC3OC(C)C(O)C(O)C3OC3OCC(O)C(O)C3O)C2O)cc1. The van der Waals surface area contributed by atoms with Gasteiger partial charge in [-0.2, -0.15) is 0 Å². The number of aliphatic hydroxyl groups excluding tert-OH is 6. The Bertz CT molecular complexity index is 1160. The zero-order valence-electron chi connectivity index (χ0n) is 25.0. The summed E-state index contributed by atoms with van der Waals surface area (Å²) in [5, 5.41) is 62.9. The molecule has 3 heterocycles. The highest BCUT2D eigenvalue weighted by Crippen LogP contribution is 2.33. The molecule has 3 fully saturated rings. The highest BCUT2D eigenvalue weighted by Gasteiger charge is 2.53. The molecule has 3 aliphatic rings. The van der Waals surface area contributed by atoms with Crippen molar-refractivity contribution < 1.29 is 78.1 Å². The normalized spacial score (nSPS) is 40.6. The lowest BCUT2D eigenvalue weighted by atomic mass is 9.97. The van der Waals surface area contributed by atoms with Crippen molar-refractivity contribution in [2.24, 2.45) is 0 Å². The van der Waals surface area contributed by atoms with E-state index in [1.165, 1.54) is 27.0 Å². The molecule has 14 atom stereocenters. The van der Waals surface area contributed by atoms with E-state index in [4.69, 9.17) is 37.9 Å². The Morgan fingerprint density at radius 3 is 2.02 bits per heavy atom. The monoisotopic (exact) mass is 644 g/mol. The van der Waals surface area contributed by atoms with Crippen LogP contribution in [0.3, 0.4) is 0 Å². The van der Waals surface area contributed by atoms with Crippen LogP contribution in [0.4, 0.5) is 0 Å². The molecule has 1 aromatic rings. The van der Waals surface area contributed by atoms with E-state index in [1.54, 1.807) is 24.3 Å². The van der Waals surface area contributed by atoms with E-state index in [2.05, 4.69) is 0 Å². The molecule has 0 aromatic heterocycles. The Hall–Kier alpha value is -2.74. The lowest BCUT2D eigenvalue weighted by molar-refractivity contribution is -0.382. The zero-order valence-corrected chi connectivity index (χ0v) is 25.0. The van der Waals surface area contributed by atoms with Crippen LogP contribution in [0, 0.1) is 0 Å². The highest BCUT2D eigenvalue weighted by atomic mass is 16.8. The highest BCUT2D eigenvalue weighted by molar-refractivity contribution is 5.87. The van der Waals surface area contributed by atoms with Gasteiger partial charge in [0.15, 0.2) is 24.8 Å². The summed E-state index contributed by atoms with van der Waals surface area (Å²) < 4.78 is 44.2. The number of carbonyl (C=O) groups is 2. The zero-order chi connectivity index (χ0) is 33.0. The van der Waals surface area contributed by atoms with E-state index in [0.717, 1.165) is 13.0 Å². The Balaban J connectivity index is 1.53. The molecular weight excluding hydrogens is 604 g/mol. The summed E-state index contributed by atoms with van der Waals surface area (Å²) in [5.74, 6) is -0.996. The molecule has 16 nitrogen and oxygen atoms in total. The van der Waals surface area contributed by atoms with E-state index in [0.29, 0.717) is 11.3 Å². The quantitative estimate of drug-likeness (QED) is 0.126. The molecule has 6 N–H and O–H groups in total. The second-order valence-corrected chi connectivity index (χ2v) is 11.0. The number of benzene rings is 1. The maximum Gasteiger partial charge on any atom is 0.331 e. The van der Waals surface area contributed by atoms with Gasteiger partial charge in [-0.1, -0.05) is 12.1 Å². The fourth-order valence-electron chi connectivity index (χ4n) is 5.08. The first kappa shape index (κ1) is 35.1. The maximum absolute atomic E-state index is 12.7. The molecule has 252 valence electrons. The van der Waals surface area contributed by atoms with Gasteiger partial charge in [0.05, 0.1) is 25.9 Å². The minimum atomic E-state index is -1.76. The summed E-state index contributed by atoms with van der Waals surface area (Å²) >= 11 is 0. The minimum Gasteiger partial charge on any atom is -0.497 e. The summed E-state index contributed by atoms with van der Waals surface area (Å²) in [7, 11) is 1.52. The predicted octanol–water partition coefficient (Wildman–Crippen LogP) is -2.03. The molecule has 3 saturated heterocycles. The van der Waals surface area contributed by atoms with E-state index in [9.17, 15) is 40.2 Å². The van der Waals surface area contributed by atoms with Crippen molar-refractivity contribution in [3.05, 3.63) is 35.9 Å². The lowest BCUT2D eigenvalue weighted by Crippen LogP contribution is -2.65. The third kappa shape index (κ3) is 8.35. The number of aliphatic hydroxyl groups is 6. The average Bonchev–Trinajstić information content (AvgIpc) is 3.00. The number of hydrogen-bond donors (Lipinski definition) is 6. The minimum absolute atomic E-state index is 0.418. The van der Waals surface area contributed by atoms with Gasteiger partial charge < -0.3 is 68.5 Å². The van der Waals surface area contributed by atoms with Gasteiger partial charge in [0.25, 0.3) is 0 Å². The summed E-state index contributed by atoms with van der Waals surface area (Å²) in [6, 6.07) is 6.84. The van der Waals surface area contributed by atoms with Crippen LogP contribution < -0.4 is 4.74 Å². The third-order valence-electron chi connectivity index (χ3n) is 7.64. The van der Waals surface area contributed by atoms with E-state index < -0.39 is 105 Å². The predicted molar refractivity (Wildman–Crippen MR) is 148 cm³/mol. The Labute approximate surface area is 258 Å². The molecular formula is C29H40O16. The summed E-state index contributed by atoms with van der Waals surface area (Å²) in [5.41, 5.74) is 0.668. The van der Waals surface area contributed by atoms with E-state index >= 15 is 0 Å². The van der Waals surface area contributed by atoms with Crippen LogP contribution in [-0.4, -0.2) is 142 Å². The van der Waals surface area contributed by atoms with Crippen molar-refractivity contribution in [1.29, 1.82) is 0 Å². The van der Waals surface area contributed by atoms with Crippen molar-refractivity contribution in [3.8, 4) is 5.75 Å². The Morgan fingerprint density at radius 2 is 1.38 bits per heavy atom. The van der Waals surface area contributed by atoms with Crippen LogP contribution in [0.1, 0.15) is 26.3 Å². The maximum atomic E-state index is 12.7. The van der Waals surface area contributed by atoms with Crippen molar-refractivity contribution in [3.63, 3.8) is 0 Å². The van der Waals surface area contributed by atoms with Gasteiger partial charge in [0.1, 0.15) is 48.5 Å². The number of rotatable bonds is 9. The van der Waals surface area contributed by atoms with Crippen LogP contribution in [0.25, 0.3) is 6.08 Å². The van der Waals surface area contributed by atoms with Crippen LogP contribution in [0.2, 0.25) is 0 Å². The summed E-state index contributed by atoms with van der Waals surface area (Å²) in [6.07, 6.45) is -18.4. The molecule has 1 aromatic carbocycles. The largest absolute Gasteiger partial charge is 0.497 e. The average molecular weight is 645 g/mol. The molecule has 0 radical (unpaired) electrons. The standard InChI is InChI=1S/C29H40O16/c1-12-19(33)21(35)25(44-27-22(36)20(34)17(31)11-39-27)29(40-12)45-26-23(37)24(13(2)41-28(26)42-14(3)30)43-18(32)10-7-15-5-8-16(38-4)9-6-15/h5-10,12-13,17,19-29,31,33-37H,11H2,1-4H3/b10-7+. The molecule has 3 aliphatic heterocycles. The lowest BCUT2D eigenvalue weighted by Gasteiger charge is -2.47. The molecule has 45 heavy (non-hydrogen) atoms. The smallest absolute Gasteiger partial charge is 0.331 e. The second kappa shape index (κ2) is 15.2. The first-order chi connectivity index (χ1) is 21.3. The van der Waals surface area contributed by atoms with Crippen molar-refractivity contribution in [2.45, 2.75) is 107 Å². The molecule has 4 rings (SSSR count). The molecule has 0 spiro atoms. The summed E-state index contributed by atoms with van der Waals surface area (Å²) in [6.45, 7) is 3.58. The Morgan fingerprint density at radius 1 is 0.756 bits per heavy atom. The number of esters is 2.